The van der Waals surface area contributed by atoms with Gasteiger partial charge in [-0.05, 0) is 73.0 Å². The molecule has 0 aromatic carbocycles. The Morgan fingerprint density at radius 1 is 0.722 bits per heavy atom. The summed E-state index contributed by atoms with van der Waals surface area (Å²) in [6.45, 7) is 15.1. The molecular weight excluding hydrogens is 216 g/mol. The number of hydrogen-bond donors (Lipinski definition) is 0. The Morgan fingerprint density at radius 3 is 1.50 bits per heavy atom. The third-order valence-electron chi connectivity index (χ3n) is 8.57. The minimum Gasteiger partial charge on any atom is -0.0707 e. The largest absolute Gasteiger partial charge is 0.0707 e. The van der Waals surface area contributed by atoms with Gasteiger partial charge in [-0.25, -0.2) is 0 Å². The molecule has 0 aromatic heterocycles. The molecule has 18 heavy (non-hydrogen) atoms. The number of allylic oxidation sites excluding steroid dienone is 2. The molecule has 0 nitrogen and oxygen atoms in total. The first kappa shape index (κ1) is 11.6. The standard InChI is InChI=1S/C18H28/c1-9-10(2)12-7-11(9)15-13-8-14(16(12)15)18(5,6)17(13,3)4/h11-16H,7-8H2,1-6H3. The highest BCUT2D eigenvalue weighted by atomic mass is 14.8. The van der Waals surface area contributed by atoms with E-state index >= 15 is 0 Å². The highest BCUT2D eigenvalue weighted by Crippen LogP contribution is 2.77. The monoisotopic (exact) mass is 244 g/mol. The Hall–Kier alpha value is -0.260. The second-order valence-corrected chi connectivity index (χ2v) is 8.86. The topological polar surface area (TPSA) is 0 Å². The van der Waals surface area contributed by atoms with Crippen molar-refractivity contribution < 1.29 is 0 Å². The zero-order chi connectivity index (χ0) is 13.0. The second-order valence-electron chi connectivity index (χ2n) is 8.86. The first-order valence-electron chi connectivity index (χ1n) is 7.95. The lowest BCUT2D eigenvalue weighted by molar-refractivity contribution is -0.0375. The van der Waals surface area contributed by atoms with Gasteiger partial charge < -0.3 is 0 Å². The van der Waals surface area contributed by atoms with E-state index in [1.165, 1.54) is 12.8 Å². The predicted molar refractivity (Wildman–Crippen MR) is 76.1 cm³/mol. The SMILES string of the molecule is CC1=C(C)C2CC1C1C2C2CC1C(C)(C)C2(C)C. The molecule has 0 saturated heterocycles. The van der Waals surface area contributed by atoms with E-state index in [0.29, 0.717) is 10.8 Å². The number of hydrogen-bond acceptors (Lipinski definition) is 0. The van der Waals surface area contributed by atoms with Gasteiger partial charge >= 0.3 is 0 Å². The lowest BCUT2D eigenvalue weighted by Gasteiger charge is -2.53. The second kappa shape index (κ2) is 2.91. The van der Waals surface area contributed by atoms with E-state index < -0.39 is 0 Å². The first-order chi connectivity index (χ1) is 8.28. The van der Waals surface area contributed by atoms with Crippen molar-refractivity contribution >= 4 is 0 Å². The molecule has 4 aliphatic rings. The van der Waals surface area contributed by atoms with E-state index in [0.717, 1.165) is 35.5 Å². The van der Waals surface area contributed by atoms with Gasteiger partial charge in [0, 0.05) is 0 Å². The fourth-order valence-corrected chi connectivity index (χ4v) is 6.83. The highest BCUT2D eigenvalue weighted by Gasteiger charge is 2.71. The summed E-state index contributed by atoms with van der Waals surface area (Å²) >= 11 is 0. The van der Waals surface area contributed by atoms with Crippen LogP contribution in [0, 0.1) is 46.3 Å². The summed E-state index contributed by atoms with van der Waals surface area (Å²) in [5, 5.41) is 0. The van der Waals surface area contributed by atoms with Crippen molar-refractivity contribution in [3.8, 4) is 0 Å². The minimum absolute atomic E-state index is 0.553. The van der Waals surface area contributed by atoms with Gasteiger partial charge in [0.25, 0.3) is 0 Å². The molecule has 0 heterocycles. The third kappa shape index (κ3) is 0.927. The van der Waals surface area contributed by atoms with Crippen LogP contribution in [-0.2, 0) is 0 Å². The van der Waals surface area contributed by atoms with Gasteiger partial charge in [-0.2, -0.15) is 0 Å². The molecule has 4 aliphatic carbocycles. The smallest absolute Gasteiger partial charge is 0.0163 e. The molecule has 3 fully saturated rings. The van der Waals surface area contributed by atoms with Gasteiger partial charge in [-0.1, -0.05) is 38.8 Å². The van der Waals surface area contributed by atoms with Crippen LogP contribution in [-0.4, -0.2) is 0 Å². The Kier molecular flexibility index (Phi) is 1.87. The number of fused-ring (bicyclic) bond motifs is 9. The fraction of sp³-hybridized carbons (Fsp3) is 0.889. The molecule has 100 valence electrons. The molecular formula is C18H28. The molecule has 6 atom stereocenters. The lowest BCUT2D eigenvalue weighted by atomic mass is 9.51. The normalized spacial score (nSPS) is 54.3. The molecule has 0 aromatic rings. The number of rotatable bonds is 0. The van der Waals surface area contributed by atoms with Crippen LogP contribution in [0.3, 0.4) is 0 Å². The molecule has 0 aliphatic heterocycles. The maximum atomic E-state index is 2.56. The maximum absolute atomic E-state index is 2.56. The van der Waals surface area contributed by atoms with Crippen LogP contribution in [0.1, 0.15) is 54.4 Å². The van der Waals surface area contributed by atoms with Gasteiger partial charge in [0.15, 0.2) is 0 Å². The van der Waals surface area contributed by atoms with Crippen molar-refractivity contribution in [2.24, 2.45) is 46.3 Å². The minimum atomic E-state index is 0.553. The lowest BCUT2D eigenvalue weighted by Crippen LogP contribution is -2.48. The molecule has 0 N–H and O–H groups in total. The van der Waals surface area contributed by atoms with Crippen molar-refractivity contribution in [3.05, 3.63) is 11.1 Å². The maximum Gasteiger partial charge on any atom is -0.0163 e. The summed E-state index contributed by atoms with van der Waals surface area (Å²) in [7, 11) is 0. The zero-order valence-electron chi connectivity index (χ0n) is 12.9. The molecule has 0 radical (unpaired) electrons. The Balaban J connectivity index is 1.83. The van der Waals surface area contributed by atoms with Crippen molar-refractivity contribution in [1.82, 2.24) is 0 Å². The van der Waals surface area contributed by atoms with Crippen LogP contribution in [0.25, 0.3) is 0 Å². The molecule has 4 bridgehead atoms. The van der Waals surface area contributed by atoms with Crippen LogP contribution in [0.15, 0.2) is 11.1 Å². The Bertz CT molecular complexity index is 411. The zero-order valence-corrected chi connectivity index (χ0v) is 12.9. The van der Waals surface area contributed by atoms with E-state index in [2.05, 4.69) is 41.5 Å². The molecule has 6 unspecified atom stereocenters. The van der Waals surface area contributed by atoms with E-state index in [1.54, 1.807) is 11.1 Å². The highest BCUT2D eigenvalue weighted by molar-refractivity contribution is 5.34. The first-order valence-corrected chi connectivity index (χ1v) is 7.95. The average Bonchev–Trinajstić information content (AvgIpc) is 2.91. The molecule has 4 rings (SSSR count). The summed E-state index contributed by atoms with van der Waals surface area (Å²) in [6, 6.07) is 0. The van der Waals surface area contributed by atoms with Crippen molar-refractivity contribution in [2.75, 3.05) is 0 Å². The van der Waals surface area contributed by atoms with Crippen molar-refractivity contribution in [3.63, 3.8) is 0 Å². The molecule has 0 amide bonds. The predicted octanol–water partition coefficient (Wildman–Crippen LogP) is 4.91. The van der Waals surface area contributed by atoms with E-state index in [9.17, 15) is 0 Å². The Morgan fingerprint density at radius 2 is 1.11 bits per heavy atom. The van der Waals surface area contributed by atoms with Gasteiger partial charge in [0.2, 0.25) is 0 Å². The molecule has 0 heteroatoms. The third-order valence-corrected chi connectivity index (χ3v) is 8.57. The molecule has 0 spiro atoms. The van der Waals surface area contributed by atoms with Gasteiger partial charge in [0.05, 0.1) is 0 Å². The van der Waals surface area contributed by atoms with Crippen LogP contribution < -0.4 is 0 Å². The van der Waals surface area contributed by atoms with Gasteiger partial charge in [0.1, 0.15) is 0 Å². The summed E-state index contributed by atoms with van der Waals surface area (Å²) in [6.07, 6.45) is 3.04. The average molecular weight is 244 g/mol. The van der Waals surface area contributed by atoms with Crippen molar-refractivity contribution in [2.45, 2.75) is 54.4 Å². The summed E-state index contributed by atoms with van der Waals surface area (Å²) in [4.78, 5) is 0. The quantitative estimate of drug-likeness (QED) is 0.419. The molecule has 3 saturated carbocycles. The van der Waals surface area contributed by atoms with Crippen LogP contribution in [0.2, 0.25) is 0 Å². The summed E-state index contributed by atoms with van der Waals surface area (Å²) in [5.74, 6) is 6.02. The van der Waals surface area contributed by atoms with Gasteiger partial charge in [-0.3, -0.25) is 0 Å². The van der Waals surface area contributed by atoms with Crippen LogP contribution >= 0.6 is 0 Å². The van der Waals surface area contributed by atoms with E-state index in [-0.39, 0.29) is 0 Å². The van der Waals surface area contributed by atoms with Crippen LogP contribution in [0.4, 0.5) is 0 Å². The van der Waals surface area contributed by atoms with E-state index in [4.69, 9.17) is 0 Å². The van der Waals surface area contributed by atoms with Crippen LogP contribution in [0.5, 0.6) is 0 Å². The summed E-state index contributed by atoms with van der Waals surface area (Å²) < 4.78 is 0. The Labute approximate surface area is 112 Å². The van der Waals surface area contributed by atoms with Gasteiger partial charge in [-0.15, -0.1) is 0 Å². The fourth-order valence-electron chi connectivity index (χ4n) is 6.83. The summed E-state index contributed by atoms with van der Waals surface area (Å²) in [5.41, 5.74) is 4.67. The van der Waals surface area contributed by atoms with Crippen molar-refractivity contribution in [1.29, 1.82) is 0 Å². The van der Waals surface area contributed by atoms with E-state index in [1.807, 2.05) is 0 Å².